The average Bonchev–Trinajstić information content (AvgIpc) is 2.06. The predicted molar refractivity (Wildman–Crippen MR) is 42.3 cm³/mol. The first-order chi connectivity index (χ1) is 5.71. The van der Waals surface area contributed by atoms with Crippen LogP contribution in [0.4, 0.5) is 0 Å². The first-order valence-corrected chi connectivity index (χ1v) is 4.09. The third-order valence-electron chi connectivity index (χ3n) is 2.41. The number of carboxylic acid groups (broad SMARTS) is 1. The summed E-state index contributed by atoms with van der Waals surface area (Å²) >= 11 is 0. The molecule has 12 heavy (non-hydrogen) atoms. The van der Waals surface area contributed by atoms with Crippen molar-refractivity contribution < 1.29 is 14.7 Å². The Kier molecular flexibility index (Phi) is 2.68. The van der Waals surface area contributed by atoms with Crippen molar-refractivity contribution in [1.82, 2.24) is 5.32 Å². The molecule has 0 spiro atoms. The second-order valence-corrected chi connectivity index (χ2v) is 3.17. The van der Waals surface area contributed by atoms with Crippen molar-refractivity contribution in [2.24, 2.45) is 0 Å². The summed E-state index contributed by atoms with van der Waals surface area (Å²) in [6.45, 7) is 0. The third kappa shape index (κ3) is 1.57. The fraction of sp³-hybridized carbons (Fsp3) is 0.750. The zero-order valence-corrected chi connectivity index (χ0v) is 6.80. The van der Waals surface area contributed by atoms with Crippen LogP contribution in [0, 0.1) is 0 Å². The number of amides is 1. The average molecular weight is 170 g/mol. The van der Waals surface area contributed by atoms with Gasteiger partial charge >= 0.3 is 12.4 Å². The molecule has 0 atom stereocenters. The Morgan fingerprint density at radius 2 is 1.92 bits per heavy atom. The monoisotopic (exact) mass is 170 g/mol. The van der Waals surface area contributed by atoms with Crippen LogP contribution in [-0.4, -0.2) is 23.0 Å². The fourth-order valence-electron chi connectivity index (χ4n) is 1.65. The lowest BCUT2D eigenvalue weighted by atomic mass is 9.82. The van der Waals surface area contributed by atoms with Gasteiger partial charge < -0.3 is 10.4 Å². The highest BCUT2D eigenvalue weighted by atomic mass is 16.4. The lowest BCUT2D eigenvalue weighted by Gasteiger charge is -2.31. The Balaban J connectivity index is 2.69. The van der Waals surface area contributed by atoms with Gasteiger partial charge in [-0.25, -0.2) is 4.79 Å². The minimum absolute atomic E-state index is 0.525. The van der Waals surface area contributed by atoms with Crippen molar-refractivity contribution >= 4 is 12.4 Å². The third-order valence-corrected chi connectivity index (χ3v) is 2.41. The minimum Gasteiger partial charge on any atom is -0.480 e. The highest BCUT2D eigenvalue weighted by molar-refractivity contribution is 5.81. The van der Waals surface area contributed by atoms with E-state index in [1.807, 2.05) is 0 Å². The molecule has 1 aliphatic rings. The molecular weight excluding hydrogens is 158 g/mol. The van der Waals surface area contributed by atoms with Gasteiger partial charge in [-0.3, -0.25) is 4.79 Å². The lowest BCUT2D eigenvalue weighted by molar-refractivity contribution is -0.145. The number of aliphatic carboxylic acids is 1. The zero-order valence-electron chi connectivity index (χ0n) is 6.80. The van der Waals surface area contributed by atoms with Crippen LogP contribution >= 0.6 is 0 Å². The molecule has 1 saturated carbocycles. The molecule has 1 amide bonds. The molecule has 4 heteroatoms. The summed E-state index contributed by atoms with van der Waals surface area (Å²) in [5.74, 6) is -0.939. The van der Waals surface area contributed by atoms with Gasteiger partial charge in [0.25, 0.3) is 0 Å². The van der Waals surface area contributed by atoms with Crippen LogP contribution in [0.2, 0.25) is 0 Å². The van der Waals surface area contributed by atoms with Crippen LogP contribution in [0.1, 0.15) is 32.1 Å². The van der Waals surface area contributed by atoms with E-state index in [-0.39, 0.29) is 0 Å². The highest BCUT2D eigenvalue weighted by Gasteiger charge is 2.39. The van der Waals surface area contributed by atoms with Gasteiger partial charge in [-0.05, 0) is 12.8 Å². The summed E-state index contributed by atoms with van der Waals surface area (Å²) in [5, 5.41) is 11.2. The summed E-state index contributed by atoms with van der Waals surface area (Å²) in [4.78, 5) is 20.9. The number of nitrogens with one attached hydrogen (secondary N) is 1. The topological polar surface area (TPSA) is 66.4 Å². The maximum Gasteiger partial charge on any atom is 0.329 e. The van der Waals surface area contributed by atoms with Gasteiger partial charge in [-0.2, -0.15) is 0 Å². The van der Waals surface area contributed by atoms with Crippen molar-refractivity contribution in [2.75, 3.05) is 0 Å². The van der Waals surface area contributed by atoms with E-state index in [9.17, 15) is 9.59 Å². The van der Waals surface area contributed by atoms with Crippen LogP contribution in [0.5, 0.6) is 0 Å². The zero-order chi connectivity index (χ0) is 9.03. The van der Waals surface area contributed by atoms with Crippen LogP contribution in [0.25, 0.3) is 0 Å². The molecule has 1 fully saturated rings. The van der Waals surface area contributed by atoms with Crippen LogP contribution in [0.15, 0.2) is 0 Å². The van der Waals surface area contributed by atoms with Crippen molar-refractivity contribution in [2.45, 2.75) is 37.6 Å². The number of carboxylic acids is 1. The van der Waals surface area contributed by atoms with Gasteiger partial charge in [0.2, 0.25) is 0 Å². The van der Waals surface area contributed by atoms with Crippen LogP contribution < -0.4 is 5.32 Å². The Labute approximate surface area is 71.0 Å². The van der Waals surface area contributed by atoms with E-state index in [0.717, 1.165) is 19.3 Å². The SMILES string of the molecule is O=[C]NC1(C(=O)O)CCCCC1. The van der Waals surface area contributed by atoms with Crippen molar-refractivity contribution in [3.63, 3.8) is 0 Å². The van der Waals surface area contributed by atoms with Gasteiger partial charge in [-0.1, -0.05) is 19.3 Å². The van der Waals surface area contributed by atoms with Gasteiger partial charge in [0.1, 0.15) is 5.54 Å². The number of carbonyl (C=O) groups is 1. The fourth-order valence-corrected chi connectivity index (χ4v) is 1.65. The van der Waals surface area contributed by atoms with E-state index in [1.165, 1.54) is 6.41 Å². The number of hydrogen-bond donors (Lipinski definition) is 2. The number of hydrogen-bond acceptors (Lipinski definition) is 2. The number of rotatable bonds is 3. The quantitative estimate of drug-likeness (QED) is 0.603. The number of carbonyl (C=O) groups excluding carboxylic acids is 1. The molecule has 0 bridgehead atoms. The molecule has 0 aliphatic heterocycles. The molecule has 1 rings (SSSR count). The molecular formula is C8H12NO3. The standard InChI is InChI=1S/C8H12NO3/c10-6-9-8(7(11)12)4-2-1-3-5-8/h1-5H2,(H,9,10)(H,11,12). The summed E-state index contributed by atoms with van der Waals surface area (Å²) in [6.07, 6.45) is 5.30. The van der Waals surface area contributed by atoms with E-state index in [2.05, 4.69) is 5.32 Å². The summed E-state index contributed by atoms with van der Waals surface area (Å²) < 4.78 is 0. The van der Waals surface area contributed by atoms with E-state index < -0.39 is 11.5 Å². The molecule has 1 radical (unpaired) electrons. The minimum atomic E-state index is -1.03. The molecule has 0 saturated heterocycles. The van der Waals surface area contributed by atoms with Crippen LogP contribution in [-0.2, 0) is 9.59 Å². The van der Waals surface area contributed by atoms with Crippen molar-refractivity contribution in [3.8, 4) is 0 Å². The summed E-state index contributed by atoms with van der Waals surface area (Å²) in [5.41, 5.74) is -1.03. The molecule has 0 aromatic rings. The van der Waals surface area contributed by atoms with E-state index in [0.29, 0.717) is 12.8 Å². The molecule has 2 N–H and O–H groups in total. The summed E-state index contributed by atoms with van der Waals surface area (Å²) in [7, 11) is 0. The van der Waals surface area contributed by atoms with Gasteiger partial charge in [0.05, 0.1) is 0 Å². The van der Waals surface area contributed by atoms with E-state index >= 15 is 0 Å². The van der Waals surface area contributed by atoms with E-state index in [4.69, 9.17) is 5.11 Å². The first-order valence-electron chi connectivity index (χ1n) is 4.09. The van der Waals surface area contributed by atoms with Gasteiger partial charge in [0, 0.05) is 0 Å². The van der Waals surface area contributed by atoms with Crippen LogP contribution in [0.3, 0.4) is 0 Å². The smallest absolute Gasteiger partial charge is 0.329 e. The Morgan fingerprint density at radius 1 is 1.33 bits per heavy atom. The lowest BCUT2D eigenvalue weighted by Crippen LogP contribution is -2.52. The molecule has 0 aromatic carbocycles. The second kappa shape index (κ2) is 3.56. The molecule has 0 unspecified atom stereocenters. The van der Waals surface area contributed by atoms with Gasteiger partial charge in [-0.15, -0.1) is 0 Å². The summed E-state index contributed by atoms with van der Waals surface area (Å²) in [6, 6.07) is 0. The van der Waals surface area contributed by atoms with Crippen molar-refractivity contribution in [1.29, 1.82) is 0 Å². The molecule has 0 aromatic heterocycles. The Hall–Kier alpha value is -1.06. The molecule has 4 nitrogen and oxygen atoms in total. The maximum absolute atomic E-state index is 10.8. The Bertz CT molecular complexity index is 185. The largest absolute Gasteiger partial charge is 0.480 e. The maximum atomic E-state index is 10.8. The molecule has 67 valence electrons. The first kappa shape index (κ1) is 9.03. The highest BCUT2D eigenvalue weighted by Crippen LogP contribution is 2.27. The molecule has 1 aliphatic carbocycles. The normalized spacial score (nSPS) is 21.3. The second-order valence-electron chi connectivity index (χ2n) is 3.17. The Morgan fingerprint density at radius 3 is 2.33 bits per heavy atom. The van der Waals surface area contributed by atoms with E-state index in [1.54, 1.807) is 0 Å². The van der Waals surface area contributed by atoms with Gasteiger partial charge in [0.15, 0.2) is 0 Å². The van der Waals surface area contributed by atoms with Crippen molar-refractivity contribution in [3.05, 3.63) is 0 Å². The predicted octanol–water partition coefficient (Wildman–Crippen LogP) is 0.431. The molecule has 0 heterocycles.